The summed E-state index contributed by atoms with van der Waals surface area (Å²) in [5, 5.41) is 2.09. The fourth-order valence-electron chi connectivity index (χ4n) is 4.43. The Morgan fingerprint density at radius 2 is 1.72 bits per heavy atom. The molecular formula is C27H32N2O3. The van der Waals surface area contributed by atoms with Gasteiger partial charge in [0, 0.05) is 52.0 Å². The molecule has 5 nitrogen and oxygen atoms in total. The number of methoxy groups -OCH3 is 1. The van der Waals surface area contributed by atoms with Crippen LogP contribution in [0.4, 0.5) is 0 Å². The van der Waals surface area contributed by atoms with E-state index in [2.05, 4.69) is 35.2 Å². The van der Waals surface area contributed by atoms with Gasteiger partial charge in [-0.05, 0) is 53.4 Å². The van der Waals surface area contributed by atoms with Gasteiger partial charge < -0.3 is 14.4 Å². The molecule has 1 fully saturated rings. The van der Waals surface area contributed by atoms with Crippen molar-refractivity contribution in [3.8, 4) is 16.9 Å². The number of fused-ring (bicyclic) bond motifs is 1. The molecule has 1 aliphatic heterocycles. The highest BCUT2D eigenvalue weighted by atomic mass is 16.5. The van der Waals surface area contributed by atoms with Gasteiger partial charge in [-0.3, -0.25) is 9.69 Å². The van der Waals surface area contributed by atoms with Gasteiger partial charge in [0.1, 0.15) is 5.75 Å². The topological polar surface area (TPSA) is 42.0 Å². The summed E-state index contributed by atoms with van der Waals surface area (Å²) in [5.41, 5.74) is 2.98. The average molecular weight is 433 g/mol. The highest BCUT2D eigenvalue weighted by molar-refractivity contribution is 6.11. The zero-order valence-electron chi connectivity index (χ0n) is 19.0. The summed E-state index contributed by atoms with van der Waals surface area (Å²) in [5.74, 6) is 0.977. The van der Waals surface area contributed by atoms with Gasteiger partial charge in [0.25, 0.3) is 5.91 Å². The average Bonchev–Trinajstić information content (AvgIpc) is 2.84. The van der Waals surface area contributed by atoms with Crippen molar-refractivity contribution >= 4 is 16.7 Å². The largest absolute Gasteiger partial charge is 0.494 e. The van der Waals surface area contributed by atoms with Crippen LogP contribution in [0.15, 0.2) is 60.7 Å². The second-order valence-corrected chi connectivity index (χ2v) is 8.15. The minimum atomic E-state index is 0.118. The molecule has 0 aromatic heterocycles. The Balaban J connectivity index is 1.57. The van der Waals surface area contributed by atoms with Crippen LogP contribution >= 0.6 is 0 Å². The third kappa shape index (κ3) is 4.95. The number of carbonyl (C=O) groups is 1. The Kier molecular flexibility index (Phi) is 7.40. The summed E-state index contributed by atoms with van der Waals surface area (Å²) >= 11 is 0. The molecule has 0 radical (unpaired) electrons. The van der Waals surface area contributed by atoms with E-state index in [1.165, 1.54) is 0 Å². The number of benzene rings is 3. The molecule has 1 heterocycles. The third-order valence-corrected chi connectivity index (χ3v) is 6.09. The van der Waals surface area contributed by atoms with Crippen LogP contribution in [0, 0.1) is 0 Å². The molecule has 1 aliphatic rings. The van der Waals surface area contributed by atoms with Crippen LogP contribution in [-0.4, -0.2) is 68.8 Å². The minimum Gasteiger partial charge on any atom is -0.494 e. The lowest BCUT2D eigenvalue weighted by molar-refractivity contribution is 0.0626. The van der Waals surface area contributed by atoms with E-state index < -0.39 is 0 Å². The van der Waals surface area contributed by atoms with Crippen LogP contribution in [0.1, 0.15) is 23.7 Å². The van der Waals surface area contributed by atoms with E-state index in [4.69, 9.17) is 9.47 Å². The number of hydrogen-bond acceptors (Lipinski definition) is 4. The number of nitrogens with zero attached hydrogens (tertiary/aromatic N) is 2. The van der Waals surface area contributed by atoms with Gasteiger partial charge in [-0.25, -0.2) is 0 Å². The second kappa shape index (κ2) is 10.6. The fourth-order valence-corrected chi connectivity index (χ4v) is 4.43. The van der Waals surface area contributed by atoms with Crippen molar-refractivity contribution in [3.63, 3.8) is 0 Å². The van der Waals surface area contributed by atoms with Crippen molar-refractivity contribution in [2.45, 2.75) is 13.3 Å². The Labute approximate surface area is 190 Å². The standard InChI is InChI=1S/C27H32N2O3/c1-3-32-22-9-6-8-21(20-22)23-12-13-26(25-11-5-4-10-24(23)25)27(30)29-17-15-28(16-18-29)14-7-19-31-2/h4-6,8-13,20H,3,7,14-19H2,1-2H3. The van der Waals surface area contributed by atoms with Crippen molar-refractivity contribution in [2.24, 2.45) is 0 Å². The SMILES string of the molecule is CCOc1cccc(-c2ccc(C(=O)N3CCN(CCCOC)CC3)c3ccccc23)c1. The summed E-state index contributed by atoms with van der Waals surface area (Å²) in [6, 6.07) is 20.4. The molecule has 1 saturated heterocycles. The predicted molar refractivity (Wildman–Crippen MR) is 129 cm³/mol. The van der Waals surface area contributed by atoms with E-state index in [-0.39, 0.29) is 5.91 Å². The molecule has 3 aromatic carbocycles. The summed E-state index contributed by atoms with van der Waals surface area (Å²) in [7, 11) is 1.74. The van der Waals surface area contributed by atoms with Gasteiger partial charge in [-0.1, -0.05) is 42.5 Å². The van der Waals surface area contributed by atoms with Crippen LogP contribution in [0.25, 0.3) is 21.9 Å². The molecule has 0 spiro atoms. The van der Waals surface area contributed by atoms with Crippen molar-refractivity contribution in [1.29, 1.82) is 0 Å². The molecule has 0 N–H and O–H groups in total. The Morgan fingerprint density at radius 1 is 0.938 bits per heavy atom. The molecule has 1 amide bonds. The Morgan fingerprint density at radius 3 is 2.47 bits per heavy atom. The lowest BCUT2D eigenvalue weighted by Gasteiger charge is -2.35. The molecule has 168 valence electrons. The molecule has 5 heteroatoms. The van der Waals surface area contributed by atoms with Gasteiger partial charge >= 0.3 is 0 Å². The van der Waals surface area contributed by atoms with E-state index in [1.54, 1.807) is 7.11 Å². The molecule has 0 atom stereocenters. The molecule has 0 aliphatic carbocycles. The maximum atomic E-state index is 13.4. The van der Waals surface area contributed by atoms with Gasteiger partial charge in [0.2, 0.25) is 0 Å². The normalized spacial score (nSPS) is 14.6. The van der Waals surface area contributed by atoms with Crippen molar-refractivity contribution in [1.82, 2.24) is 9.80 Å². The lowest BCUT2D eigenvalue weighted by Crippen LogP contribution is -2.49. The van der Waals surface area contributed by atoms with Crippen molar-refractivity contribution in [3.05, 3.63) is 66.2 Å². The Bertz CT molecular complexity index is 1060. The zero-order valence-corrected chi connectivity index (χ0v) is 19.0. The maximum Gasteiger partial charge on any atom is 0.254 e. The van der Waals surface area contributed by atoms with Crippen molar-refractivity contribution in [2.75, 3.05) is 53.0 Å². The van der Waals surface area contributed by atoms with E-state index in [9.17, 15) is 4.79 Å². The molecular weight excluding hydrogens is 400 g/mol. The maximum absolute atomic E-state index is 13.4. The number of amides is 1. The highest BCUT2D eigenvalue weighted by Crippen LogP contribution is 2.33. The van der Waals surface area contributed by atoms with Crippen LogP contribution in [0.2, 0.25) is 0 Å². The van der Waals surface area contributed by atoms with Gasteiger partial charge in [0.15, 0.2) is 0 Å². The molecule has 0 unspecified atom stereocenters. The van der Waals surface area contributed by atoms with Gasteiger partial charge in [0.05, 0.1) is 6.61 Å². The number of ether oxygens (including phenoxy) is 2. The van der Waals surface area contributed by atoms with E-state index in [0.717, 1.165) is 79.0 Å². The summed E-state index contributed by atoms with van der Waals surface area (Å²) < 4.78 is 10.8. The summed E-state index contributed by atoms with van der Waals surface area (Å²) in [4.78, 5) is 17.8. The molecule has 32 heavy (non-hydrogen) atoms. The van der Waals surface area contributed by atoms with Gasteiger partial charge in [-0.15, -0.1) is 0 Å². The first-order chi connectivity index (χ1) is 15.7. The number of piperazine rings is 1. The molecule has 3 aromatic rings. The third-order valence-electron chi connectivity index (χ3n) is 6.09. The number of hydrogen-bond donors (Lipinski definition) is 0. The predicted octanol–water partition coefficient (Wildman–Crippen LogP) is 4.70. The molecule has 0 bridgehead atoms. The Hall–Kier alpha value is -2.89. The monoisotopic (exact) mass is 432 g/mol. The van der Waals surface area contributed by atoms with Crippen molar-refractivity contribution < 1.29 is 14.3 Å². The van der Waals surface area contributed by atoms with E-state index in [1.807, 2.05) is 42.2 Å². The molecule has 4 rings (SSSR count). The smallest absolute Gasteiger partial charge is 0.254 e. The minimum absolute atomic E-state index is 0.118. The van der Waals surface area contributed by atoms with Crippen LogP contribution in [-0.2, 0) is 4.74 Å². The quantitative estimate of drug-likeness (QED) is 0.484. The first-order valence-electron chi connectivity index (χ1n) is 11.5. The number of rotatable bonds is 8. The fraction of sp³-hybridized carbons (Fsp3) is 0.370. The van der Waals surface area contributed by atoms with Gasteiger partial charge in [-0.2, -0.15) is 0 Å². The van der Waals surface area contributed by atoms with Crippen LogP contribution in [0.5, 0.6) is 5.75 Å². The van der Waals surface area contributed by atoms with E-state index in [0.29, 0.717) is 6.61 Å². The summed E-state index contributed by atoms with van der Waals surface area (Å²) in [6.07, 6.45) is 1.03. The number of carbonyl (C=O) groups excluding carboxylic acids is 1. The summed E-state index contributed by atoms with van der Waals surface area (Å²) in [6.45, 7) is 7.78. The highest BCUT2D eigenvalue weighted by Gasteiger charge is 2.23. The molecule has 0 saturated carbocycles. The van der Waals surface area contributed by atoms with E-state index >= 15 is 0 Å². The lowest BCUT2D eigenvalue weighted by atomic mass is 9.94. The van der Waals surface area contributed by atoms with Crippen LogP contribution in [0.3, 0.4) is 0 Å². The zero-order chi connectivity index (χ0) is 22.3. The first kappa shape index (κ1) is 22.3. The second-order valence-electron chi connectivity index (χ2n) is 8.15. The van der Waals surface area contributed by atoms with Crippen LogP contribution < -0.4 is 4.74 Å². The first-order valence-corrected chi connectivity index (χ1v) is 11.5.